The van der Waals surface area contributed by atoms with Gasteiger partial charge in [-0.25, -0.2) is 0 Å². The molecule has 2 atom stereocenters. The fourth-order valence-electron chi connectivity index (χ4n) is 2.65. The number of hydrogen-bond acceptors (Lipinski definition) is 3. The van der Waals surface area contributed by atoms with E-state index in [-0.39, 0.29) is 11.9 Å². The van der Waals surface area contributed by atoms with Crippen LogP contribution in [0.2, 0.25) is 0 Å². The summed E-state index contributed by atoms with van der Waals surface area (Å²) in [6.07, 6.45) is 3.17. The molecule has 2 unspecified atom stereocenters. The van der Waals surface area contributed by atoms with Crippen molar-refractivity contribution in [3.63, 3.8) is 0 Å². The normalized spacial score (nSPS) is 20.6. The molecule has 0 spiro atoms. The van der Waals surface area contributed by atoms with Crippen molar-refractivity contribution >= 4 is 5.84 Å². The van der Waals surface area contributed by atoms with Crippen LogP contribution in [0, 0.1) is 5.41 Å². The van der Waals surface area contributed by atoms with Crippen LogP contribution in [0.25, 0.3) is 0 Å². The zero-order valence-electron chi connectivity index (χ0n) is 11.5. The summed E-state index contributed by atoms with van der Waals surface area (Å²) in [5.74, 6) is 0.230. The third kappa shape index (κ3) is 4.04. The molecule has 1 aliphatic heterocycles. The van der Waals surface area contributed by atoms with E-state index >= 15 is 0 Å². The summed E-state index contributed by atoms with van der Waals surface area (Å²) in [4.78, 5) is 2.26. The fraction of sp³-hybridized carbons (Fsp3) is 0.533. The molecule has 1 aliphatic rings. The van der Waals surface area contributed by atoms with Gasteiger partial charge in [0.2, 0.25) is 0 Å². The van der Waals surface area contributed by atoms with E-state index in [1.54, 1.807) is 0 Å². The Hall–Kier alpha value is -1.39. The monoisotopic (exact) mass is 261 g/mol. The first-order valence-corrected chi connectivity index (χ1v) is 6.86. The average Bonchev–Trinajstić information content (AvgIpc) is 2.89. The molecule has 0 bridgehead atoms. The first kappa shape index (κ1) is 14.0. The van der Waals surface area contributed by atoms with Gasteiger partial charge in [0.05, 0.1) is 11.9 Å². The predicted molar refractivity (Wildman–Crippen MR) is 77.3 cm³/mol. The summed E-state index contributed by atoms with van der Waals surface area (Å²) in [5, 5.41) is 7.57. The minimum absolute atomic E-state index is 0.155. The summed E-state index contributed by atoms with van der Waals surface area (Å²) in [7, 11) is 2.09. The Kier molecular flexibility index (Phi) is 4.93. The summed E-state index contributed by atoms with van der Waals surface area (Å²) < 4.78 is 5.69. The van der Waals surface area contributed by atoms with Crippen LogP contribution in [0.5, 0.6) is 0 Å². The van der Waals surface area contributed by atoms with E-state index in [1.165, 1.54) is 5.56 Å². The number of nitrogens with two attached hydrogens (primary N) is 1. The molecule has 4 heteroatoms. The second-order valence-corrected chi connectivity index (χ2v) is 5.23. The van der Waals surface area contributed by atoms with Crippen molar-refractivity contribution in [3.8, 4) is 0 Å². The number of rotatable bonds is 6. The molecule has 19 heavy (non-hydrogen) atoms. The standard InChI is InChI=1S/C15H23N3O/c1-18(11-13-8-5-9-19-13)14(10-15(16)17)12-6-3-2-4-7-12/h2-4,6-7,13-14H,5,8-11H2,1H3,(H3,16,17). The van der Waals surface area contributed by atoms with Crippen LogP contribution < -0.4 is 5.73 Å². The zero-order valence-corrected chi connectivity index (χ0v) is 11.5. The maximum Gasteiger partial charge on any atom is 0.0924 e. The van der Waals surface area contributed by atoms with Crippen LogP contribution >= 0.6 is 0 Å². The Balaban J connectivity index is 2.05. The SMILES string of the molecule is CN(CC1CCCO1)C(CC(=N)N)c1ccccc1. The van der Waals surface area contributed by atoms with E-state index in [0.717, 1.165) is 26.0 Å². The van der Waals surface area contributed by atoms with Gasteiger partial charge in [0.15, 0.2) is 0 Å². The Morgan fingerprint density at radius 3 is 2.79 bits per heavy atom. The van der Waals surface area contributed by atoms with E-state index in [2.05, 4.69) is 24.1 Å². The van der Waals surface area contributed by atoms with E-state index < -0.39 is 0 Å². The molecule has 2 rings (SSSR count). The third-order valence-corrected chi connectivity index (χ3v) is 3.65. The molecule has 1 fully saturated rings. The molecule has 0 aliphatic carbocycles. The molecular formula is C15H23N3O. The lowest BCUT2D eigenvalue weighted by Gasteiger charge is -2.30. The Bertz CT molecular complexity index is 401. The highest BCUT2D eigenvalue weighted by Gasteiger charge is 2.23. The van der Waals surface area contributed by atoms with Crippen molar-refractivity contribution in [2.45, 2.75) is 31.4 Å². The van der Waals surface area contributed by atoms with Crippen molar-refractivity contribution in [2.24, 2.45) is 5.73 Å². The van der Waals surface area contributed by atoms with Crippen LogP contribution in [0.15, 0.2) is 30.3 Å². The first-order chi connectivity index (χ1) is 9.16. The minimum atomic E-state index is 0.155. The number of hydrogen-bond donors (Lipinski definition) is 2. The topological polar surface area (TPSA) is 62.3 Å². The van der Waals surface area contributed by atoms with Crippen LogP contribution in [0.3, 0.4) is 0 Å². The highest BCUT2D eigenvalue weighted by atomic mass is 16.5. The lowest BCUT2D eigenvalue weighted by molar-refractivity contribution is 0.0686. The molecule has 0 saturated carbocycles. The third-order valence-electron chi connectivity index (χ3n) is 3.65. The van der Waals surface area contributed by atoms with Crippen LogP contribution in [0.1, 0.15) is 30.9 Å². The molecule has 0 radical (unpaired) electrons. The van der Waals surface area contributed by atoms with Gasteiger partial charge < -0.3 is 10.5 Å². The molecule has 0 amide bonds. The molecule has 1 aromatic rings. The molecule has 104 valence electrons. The maximum absolute atomic E-state index is 7.57. The van der Waals surface area contributed by atoms with Crippen LogP contribution in [0.4, 0.5) is 0 Å². The molecule has 1 aromatic carbocycles. The van der Waals surface area contributed by atoms with E-state index in [0.29, 0.717) is 12.5 Å². The summed E-state index contributed by atoms with van der Waals surface area (Å²) in [6, 6.07) is 10.4. The van der Waals surface area contributed by atoms with Crippen LogP contribution in [-0.2, 0) is 4.74 Å². The number of likely N-dealkylation sites (N-methyl/N-ethyl adjacent to an activating group) is 1. The summed E-state index contributed by atoms with van der Waals surface area (Å²) >= 11 is 0. The lowest BCUT2D eigenvalue weighted by atomic mass is 10.0. The van der Waals surface area contributed by atoms with E-state index in [4.69, 9.17) is 15.9 Å². The minimum Gasteiger partial charge on any atom is -0.388 e. The second-order valence-electron chi connectivity index (χ2n) is 5.23. The molecule has 4 nitrogen and oxygen atoms in total. The van der Waals surface area contributed by atoms with Crippen molar-refractivity contribution in [1.29, 1.82) is 5.41 Å². The smallest absolute Gasteiger partial charge is 0.0924 e. The van der Waals surface area contributed by atoms with E-state index in [9.17, 15) is 0 Å². The highest BCUT2D eigenvalue weighted by Crippen LogP contribution is 2.24. The first-order valence-electron chi connectivity index (χ1n) is 6.86. The van der Waals surface area contributed by atoms with Crippen molar-refractivity contribution < 1.29 is 4.74 Å². The number of amidine groups is 1. The predicted octanol–water partition coefficient (Wildman–Crippen LogP) is 2.16. The van der Waals surface area contributed by atoms with Crippen molar-refractivity contribution in [1.82, 2.24) is 4.90 Å². The molecule has 3 N–H and O–H groups in total. The molecule has 0 aromatic heterocycles. The van der Waals surface area contributed by atoms with Gasteiger partial charge in [0.25, 0.3) is 0 Å². The van der Waals surface area contributed by atoms with Crippen LogP contribution in [-0.4, -0.2) is 37.0 Å². The zero-order chi connectivity index (χ0) is 13.7. The lowest BCUT2D eigenvalue weighted by Crippen LogP contribution is -2.34. The van der Waals surface area contributed by atoms with Gasteiger partial charge in [-0.3, -0.25) is 10.3 Å². The summed E-state index contributed by atoms with van der Waals surface area (Å²) in [6.45, 7) is 1.77. The Labute approximate surface area is 115 Å². The maximum atomic E-state index is 7.57. The highest BCUT2D eigenvalue weighted by molar-refractivity contribution is 5.77. The van der Waals surface area contributed by atoms with Gasteiger partial charge >= 0.3 is 0 Å². The van der Waals surface area contributed by atoms with Crippen molar-refractivity contribution in [3.05, 3.63) is 35.9 Å². The van der Waals surface area contributed by atoms with Gasteiger partial charge in [-0.2, -0.15) is 0 Å². The molecular weight excluding hydrogens is 238 g/mol. The number of nitrogens with one attached hydrogen (secondary N) is 1. The largest absolute Gasteiger partial charge is 0.388 e. The van der Waals surface area contributed by atoms with Gasteiger partial charge in [0.1, 0.15) is 0 Å². The van der Waals surface area contributed by atoms with Gasteiger partial charge in [-0.1, -0.05) is 30.3 Å². The fourth-order valence-corrected chi connectivity index (χ4v) is 2.65. The Morgan fingerprint density at radius 2 is 2.21 bits per heavy atom. The Morgan fingerprint density at radius 1 is 1.47 bits per heavy atom. The average molecular weight is 261 g/mol. The van der Waals surface area contributed by atoms with Gasteiger partial charge in [-0.05, 0) is 25.5 Å². The van der Waals surface area contributed by atoms with Gasteiger partial charge in [0, 0.05) is 25.6 Å². The summed E-state index contributed by atoms with van der Waals surface area (Å²) in [5.41, 5.74) is 6.81. The molecule has 1 saturated heterocycles. The van der Waals surface area contributed by atoms with Gasteiger partial charge in [-0.15, -0.1) is 0 Å². The second kappa shape index (κ2) is 6.68. The number of ether oxygens (including phenoxy) is 1. The molecule has 1 heterocycles. The van der Waals surface area contributed by atoms with E-state index in [1.807, 2.05) is 18.2 Å². The quantitative estimate of drug-likeness (QED) is 0.609. The number of nitrogens with zero attached hydrogens (tertiary/aromatic N) is 1. The number of benzene rings is 1. The van der Waals surface area contributed by atoms with Crippen molar-refractivity contribution in [2.75, 3.05) is 20.2 Å².